The molecule has 0 aliphatic rings. The Morgan fingerprint density at radius 3 is 2.31 bits per heavy atom. The number of hydrogen-bond acceptors (Lipinski definition) is 6. The molecule has 1 atom stereocenters. The maximum Gasteiger partial charge on any atom is 0.338 e. The third-order valence-electron chi connectivity index (χ3n) is 4.54. The van der Waals surface area contributed by atoms with E-state index in [1.165, 1.54) is 44.4 Å². The molecule has 0 radical (unpaired) electrons. The van der Waals surface area contributed by atoms with Gasteiger partial charge in [-0.15, -0.1) is 0 Å². The number of ether oxygens (including phenoxy) is 1. The van der Waals surface area contributed by atoms with Crippen molar-refractivity contribution in [3.8, 4) is 0 Å². The van der Waals surface area contributed by atoms with Gasteiger partial charge in [0, 0.05) is 13.2 Å². The van der Waals surface area contributed by atoms with Crippen molar-refractivity contribution in [1.82, 2.24) is 4.98 Å². The minimum Gasteiger partial charge on any atom is -0.449 e. The molecule has 1 amide bonds. The number of benzene rings is 2. The number of hydrogen-bond donors (Lipinski definition) is 1. The summed E-state index contributed by atoms with van der Waals surface area (Å²) in [5, 5.41) is 2.64. The fourth-order valence-corrected chi connectivity index (χ4v) is 4.06. The second-order valence-electron chi connectivity index (χ2n) is 6.71. The van der Waals surface area contributed by atoms with Crippen LogP contribution in [0.4, 0.5) is 11.4 Å². The van der Waals surface area contributed by atoms with Crippen LogP contribution in [0.3, 0.4) is 0 Å². The van der Waals surface area contributed by atoms with Gasteiger partial charge < -0.3 is 10.1 Å². The van der Waals surface area contributed by atoms with Gasteiger partial charge >= 0.3 is 5.97 Å². The van der Waals surface area contributed by atoms with Crippen molar-refractivity contribution in [3.05, 3.63) is 83.6 Å². The van der Waals surface area contributed by atoms with Crippen molar-refractivity contribution < 1.29 is 22.7 Å². The molecule has 3 aromatic rings. The Kier molecular flexibility index (Phi) is 7.12. The summed E-state index contributed by atoms with van der Waals surface area (Å²) in [6.45, 7) is 1.41. The molecule has 0 fully saturated rings. The molecule has 0 saturated heterocycles. The standard InChI is InChI=1S/C22H20ClN3O5S/c1-15(21(27)25-19-9-6-14-24-20(19)23)31-22(28)16-10-12-18(13-11-16)32(29,30)26(2)17-7-4-3-5-8-17/h3-15H,1-2H3,(H,25,27). The van der Waals surface area contributed by atoms with Crippen molar-refractivity contribution in [2.24, 2.45) is 0 Å². The van der Waals surface area contributed by atoms with Crippen molar-refractivity contribution in [1.29, 1.82) is 0 Å². The number of halogens is 1. The van der Waals surface area contributed by atoms with Crippen molar-refractivity contribution >= 4 is 44.9 Å². The number of nitrogens with zero attached hydrogens (tertiary/aromatic N) is 2. The number of carbonyl (C=O) groups excluding carboxylic acids is 2. The van der Waals surface area contributed by atoms with Gasteiger partial charge in [0.1, 0.15) is 0 Å². The van der Waals surface area contributed by atoms with Gasteiger partial charge in [-0.25, -0.2) is 18.2 Å². The molecule has 0 bridgehead atoms. The highest BCUT2D eigenvalue weighted by Gasteiger charge is 2.23. The van der Waals surface area contributed by atoms with Crippen LogP contribution in [0.2, 0.25) is 5.15 Å². The van der Waals surface area contributed by atoms with Crippen LogP contribution < -0.4 is 9.62 Å². The Morgan fingerprint density at radius 1 is 1.03 bits per heavy atom. The van der Waals surface area contributed by atoms with E-state index < -0.39 is 28.0 Å². The number of aromatic nitrogens is 1. The number of para-hydroxylation sites is 1. The summed E-state index contributed by atoms with van der Waals surface area (Å²) >= 11 is 5.90. The molecule has 1 unspecified atom stereocenters. The van der Waals surface area contributed by atoms with Gasteiger partial charge in [-0.05, 0) is 55.5 Å². The first kappa shape index (κ1) is 23.2. The maximum absolute atomic E-state index is 12.8. The lowest BCUT2D eigenvalue weighted by Crippen LogP contribution is -2.30. The van der Waals surface area contributed by atoms with Gasteiger partial charge in [-0.1, -0.05) is 29.8 Å². The van der Waals surface area contributed by atoms with Crippen LogP contribution in [-0.4, -0.2) is 38.4 Å². The summed E-state index contributed by atoms with van der Waals surface area (Å²) in [6.07, 6.45) is 0.356. The van der Waals surface area contributed by atoms with Crippen molar-refractivity contribution in [3.63, 3.8) is 0 Å². The number of nitrogens with one attached hydrogen (secondary N) is 1. The Morgan fingerprint density at radius 2 is 1.69 bits per heavy atom. The lowest BCUT2D eigenvalue weighted by atomic mass is 10.2. The van der Waals surface area contributed by atoms with Gasteiger partial charge in [-0.2, -0.15) is 0 Å². The van der Waals surface area contributed by atoms with Crippen LogP contribution >= 0.6 is 11.6 Å². The van der Waals surface area contributed by atoms with Crippen LogP contribution in [0, 0.1) is 0 Å². The maximum atomic E-state index is 12.8. The predicted molar refractivity (Wildman–Crippen MR) is 121 cm³/mol. The van der Waals surface area contributed by atoms with E-state index in [0.29, 0.717) is 11.4 Å². The molecular weight excluding hydrogens is 454 g/mol. The zero-order valence-corrected chi connectivity index (χ0v) is 18.8. The van der Waals surface area contributed by atoms with Crippen LogP contribution in [-0.2, 0) is 19.6 Å². The van der Waals surface area contributed by atoms with Crippen LogP contribution in [0.1, 0.15) is 17.3 Å². The minimum atomic E-state index is -3.81. The van der Waals surface area contributed by atoms with E-state index in [1.807, 2.05) is 0 Å². The number of sulfonamides is 1. The number of amides is 1. The number of rotatable bonds is 7. The average Bonchev–Trinajstić information content (AvgIpc) is 2.80. The van der Waals surface area contributed by atoms with Gasteiger partial charge in [0.15, 0.2) is 11.3 Å². The van der Waals surface area contributed by atoms with Gasteiger partial charge in [0.2, 0.25) is 0 Å². The smallest absolute Gasteiger partial charge is 0.338 e. The molecule has 32 heavy (non-hydrogen) atoms. The molecule has 1 aromatic heterocycles. The van der Waals surface area contributed by atoms with Crippen LogP contribution in [0.25, 0.3) is 0 Å². The fraction of sp³-hybridized carbons (Fsp3) is 0.136. The Labute approximate surface area is 190 Å². The lowest BCUT2D eigenvalue weighted by Gasteiger charge is -2.19. The summed E-state index contributed by atoms with van der Waals surface area (Å²) in [5.41, 5.74) is 0.897. The Bertz CT molecular complexity index is 1220. The first-order valence-electron chi connectivity index (χ1n) is 9.46. The third-order valence-corrected chi connectivity index (χ3v) is 6.64. The molecule has 1 heterocycles. The third kappa shape index (κ3) is 5.24. The normalized spacial score (nSPS) is 12.0. The molecule has 1 N–H and O–H groups in total. The molecule has 2 aromatic carbocycles. The van der Waals surface area contributed by atoms with Gasteiger partial charge in [0.05, 0.1) is 21.8 Å². The Hall–Kier alpha value is -3.43. The largest absolute Gasteiger partial charge is 0.449 e. The van der Waals surface area contributed by atoms with E-state index in [9.17, 15) is 18.0 Å². The highest BCUT2D eigenvalue weighted by molar-refractivity contribution is 7.92. The quantitative estimate of drug-likeness (QED) is 0.414. The summed E-state index contributed by atoms with van der Waals surface area (Å²) in [7, 11) is -2.36. The summed E-state index contributed by atoms with van der Waals surface area (Å²) in [6, 6.07) is 17.1. The second-order valence-corrected chi connectivity index (χ2v) is 9.04. The van der Waals surface area contributed by atoms with Crippen molar-refractivity contribution in [2.75, 3.05) is 16.7 Å². The molecule has 166 valence electrons. The first-order chi connectivity index (χ1) is 15.2. The topological polar surface area (TPSA) is 106 Å². The average molecular weight is 474 g/mol. The molecule has 10 heteroatoms. The van der Waals surface area contributed by atoms with Gasteiger partial charge in [-0.3, -0.25) is 9.10 Å². The zero-order valence-electron chi connectivity index (χ0n) is 17.2. The monoisotopic (exact) mass is 473 g/mol. The van der Waals surface area contributed by atoms with E-state index in [4.69, 9.17) is 16.3 Å². The minimum absolute atomic E-state index is 0.0115. The lowest BCUT2D eigenvalue weighted by molar-refractivity contribution is -0.123. The van der Waals surface area contributed by atoms with E-state index in [0.717, 1.165) is 4.31 Å². The molecule has 0 saturated carbocycles. The zero-order chi connectivity index (χ0) is 23.3. The van der Waals surface area contributed by atoms with E-state index in [-0.39, 0.29) is 15.6 Å². The van der Waals surface area contributed by atoms with Crippen LogP contribution in [0.5, 0.6) is 0 Å². The van der Waals surface area contributed by atoms with Crippen molar-refractivity contribution in [2.45, 2.75) is 17.9 Å². The molecule has 0 aliphatic carbocycles. The molecule has 8 nitrogen and oxygen atoms in total. The second kappa shape index (κ2) is 9.80. The predicted octanol–water partition coefficient (Wildman–Crippen LogP) is 3.74. The van der Waals surface area contributed by atoms with E-state index in [1.54, 1.807) is 42.5 Å². The number of anilines is 2. The SMILES string of the molecule is CC(OC(=O)c1ccc(S(=O)(=O)N(C)c2ccccc2)cc1)C(=O)Nc1cccnc1Cl. The van der Waals surface area contributed by atoms with Crippen LogP contribution in [0.15, 0.2) is 77.8 Å². The highest BCUT2D eigenvalue weighted by Crippen LogP contribution is 2.22. The van der Waals surface area contributed by atoms with Gasteiger partial charge in [0.25, 0.3) is 15.9 Å². The number of esters is 1. The molecule has 3 rings (SSSR count). The van der Waals surface area contributed by atoms with E-state index >= 15 is 0 Å². The first-order valence-corrected chi connectivity index (χ1v) is 11.3. The summed E-state index contributed by atoms with van der Waals surface area (Å²) in [4.78, 5) is 28.5. The summed E-state index contributed by atoms with van der Waals surface area (Å²) < 4.78 is 32.0. The molecular formula is C22H20ClN3O5S. The highest BCUT2D eigenvalue weighted by atomic mass is 35.5. The summed E-state index contributed by atoms with van der Waals surface area (Å²) in [5.74, 6) is -1.36. The molecule has 0 spiro atoms. The van der Waals surface area contributed by atoms with E-state index in [2.05, 4.69) is 10.3 Å². The molecule has 0 aliphatic heterocycles. The fourth-order valence-electron chi connectivity index (χ4n) is 2.69. The number of pyridine rings is 1. The Balaban J connectivity index is 1.67. The number of carbonyl (C=O) groups is 2.